The van der Waals surface area contributed by atoms with Gasteiger partial charge in [-0.2, -0.15) is 0 Å². The molecule has 0 aliphatic carbocycles. The second-order valence-corrected chi connectivity index (χ2v) is 2.63. The van der Waals surface area contributed by atoms with Gasteiger partial charge in [0, 0.05) is 12.1 Å². The molecule has 7 heteroatoms. The number of hydrogen-bond acceptors (Lipinski definition) is 5. The van der Waals surface area contributed by atoms with Gasteiger partial charge in [0.2, 0.25) is 0 Å². The van der Waals surface area contributed by atoms with E-state index >= 15 is 0 Å². The Bertz CT molecular complexity index is 364. The number of nitrogens with zero attached hydrogens (tertiary/aromatic N) is 1. The first-order chi connectivity index (χ1) is 7.13. The molecule has 0 N–H and O–H groups in total. The Morgan fingerprint density at radius 1 is 1.40 bits per heavy atom. The van der Waals surface area contributed by atoms with Crippen molar-refractivity contribution >= 4 is 21.1 Å². The zero-order valence-corrected chi connectivity index (χ0v) is 8.61. The first-order valence-corrected chi connectivity index (χ1v) is 4.46. The molecule has 1 aromatic rings. The van der Waals surface area contributed by atoms with Gasteiger partial charge in [0.15, 0.2) is 0 Å². The van der Waals surface area contributed by atoms with E-state index in [9.17, 15) is 14.9 Å². The third kappa shape index (κ3) is 3.52. The molecule has 1 rings (SSSR count). The van der Waals surface area contributed by atoms with Gasteiger partial charge in [-0.25, -0.2) is 4.79 Å². The third-order valence-corrected chi connectivity index (χ3v) is 1.55. The van der Waals surface area contributed by atoms with Crippen molar-refractivity contribution in [2.45, 2.75) is 0 Å². The summed E-state index contributed by atoms with van der Waals surface area (Å²) in [5, 5.41) is 10.3. The van der Waals surface area contributed by atoms with Crippen molar-refractivity contribution in [3.05, 3.63) is 40.7 Å². The van der Waals surface area contributed by atoms with Gasteiger partial charge in [0.25, 0.3) is 5.69 Å². The lowest BCUT2D eigenvalue weighted by Crippen LogP contribution is -2.07. The second kappa shape index (κ2) is 5.26. The fourth-order valence-electron chi connectivity index (χ4n) is 0.812. The first kappa shape index (κ1) is 11.4. The number of carbonyl (C=O) groups is 1. The summed E-state index contributed by atoms with van der Waals surface area (Å²) in [6.45, 7) is 0. The number of nitro benzene ring substituents is 1. The van der Waals surface area contributed by atoms with Crippen LogP contribution in [0.4, 0.5) is 10.5 Å². The zero-order chi connectivity index (χ0) is 11.3. The SMILES string of the molecule is O=C(O[CH-]P)Oc1ccc([N+](=O)[O-])cc1. The average Bonchev–Trinajstić information content (AvgIpc) is 2.18. The van der Waals surface area contributed by atoms with Crippen molar-refractivity contribution in [2.75, 3.05) is 0 Å². The number of non-ortho nitro benzene ring substituents is 1. The highest BCUT2D eigenvalue weighted by Crippen LogP contribution is 2.17. The molecular weight excluding hydrogens is 221 g/mol. The highest BCUT2D eigenvalue weighted by molar-refractivity contribution is 7.19. The number of ether oxygens (including phenoxy) is 2. The van der Waals surface area contributed by atoms with E-state index in [1.165, 1.54) is 24.3 Å². The molecule has 1 atom stereocenters. The predicted octanol–water partition coefficient (Wildman–Crippen LogP) is 2.10. The molecule has 0 amide bonds. The van der Waals surface area contributed by atoms with Crippen LogP contribution < -0.4 is 4.74 Å². The van der Waals surface area contributed by atoms with Gasteiger partial charge in [-0.3, -0.25) is 19.4 Å². The van der Waals surface area contributed by atoms with Gasteiger partial charge in [-0.15, -0.1) is 6.35 Å². The molecule has 0 aromatic heterocycles. The highest BCUT2D eigenvalue weighted by Gasteiger charge is 2.06. The van der Waals surface area contributed by atoms with E-state index in [0.717, 1.165) is 6.35 Å². The van der Waals surface area contributed by atoms with Gasteiger partial charge in [0.1, 0.15) is 5.75 Å². The lowest BCUT2D eigenvalue weighted by atomic mass is 10.3. The molecule has 0 spiro atoms. The topological polar surface area (TPSA) is 78.7 Å². The Labute approximate surface area is 87.5 Å². The molecule has 0 aliphatic heterocycles. The Morgan fingerprint density at radius 2 is 2.00 bits per heavy atom. The summed E-state index contributed by atoms with van der Waals surface area (Å²) in [6, 6.07) is 5.07. The fourth-order valence-corrected chi connectivity index (χ4v) is 0.923. The van der Waals surface area contributed by atoms with Crippen molar-refractivity contribution < 1.29 is 19.2 Å². The number of carbonyl (C=O) groups excluding carboxylic acids is 1. The van der Waals surface area contributed by atoms with E-state index in [2.05, 4.69) is 18.7 Å². The van der Waals surface area contributed by atoms with Gasteiger partial charge in [-0.05, 0) is 12.1 Å². The van der Waals surface area contributed by atoms with Crippen LogP contribution in [0.2, 0.25) is 0 Å². The summed E-state index contributed by atoms with van der Waals surface area (Å²) in [5.41, 5.74) is -0.0756. The van der Waals surface area contributed by atoms with Crippen LogP contribution in [0.5, 0.6) is 5.75 Å². The standard InChI is InChI=1S/C8H7NO5P/c10-8(13-5-15)14-7-3-1-6(2-4-7)9(11)12/h1-5H,15H2/q-1. The van der Waals surface area contributed by atoms with E-state index in [4.69, 9.17) is 0 Å². The minimum atomic E-state index is -0.904. The molecule has 6 nitrogen and oxygen atoms in total. The van der Waals surface area contributed by atoms with Crippen LogP contribution in [0.3, 0.4) is 0 Å². The Hall–Kier alpha value is -1.68. The van der Waals surface area contributed by atoms with Crippen molar-refractivity contribution in [3.63, 3.8) is 0 Å². The maximum atomic E-state index is 10.8. The number of hydrogen-bond donors (Lipinski definition) is 0. The summed E-state index contributed by atoms with van der Waals surface area (Å²) >= 11 is 0. The molecule has 15 heavy (non-hydrogen) atoms. The molecule has 0 radical (unpaired) electrons. The van der Waals surface area contributed by atoms with Crippen LogP contribution in [-0.4, -0.2) is 11.1 Å². The normalized spacial score (nSPS) is 9.40. The number of rotatable bonds is 3. The van der Waals surface area contributed by atoms with Gasteiger partial charge in [0.05, 0.1) is 4.92 Å². The fraction of sp³-hybridized carbons (Fsp3) is 0. The summed E-state index contributed by atoms with van der Waals surface area (Å²) in [7, 11) is 2.07. The summed E-state index contributed by atoms with van der Waals surface area (Å²) < 4.78 is 9.03. The number of benzene rings is 1. The molecule has 0 saturated heterocycles. The van der Waals surface area contributed by atoms with Gasteiger partial charge >= 0.3 is 6.16 Å². The summed E-state index contributed by atoms with van der Waals surface area (Å²) in [5.74, 6) is 0.178. The highest BCUT2D eigenvalue weighted by atomic mass is 31.0. The third-order valence-electron chi connectivity index (χ3n) is 1.41. The quantitative estimate of drug-likeness (QED) is 0.198. The van der Waals surface area contributed by atoms with Gasteiger partial charge < -0.3 is 9.47 Å². The molecule has 0 heterocycles. The Balaban J connectivity index is 2.64. The molecule has 1 aromatic carbocycles. The van der Waals surface area contributed by atoms with Crippen LogP contribution >= 0.6 is 9.24 Å². The maximum Gasteiger partial charge on any atom is 0.481 e. The first-order valence-electron chi connectivity index (χ1n) is 3.80. The average molecular weight is 228 g/mol. The monoisotopic (exact) mass is 228 g/mol. The minimum Gasteiger partial charge on any atom is -0.601 e. The molecule has 0 fully saturated rings. The van der Waals surface area contributed by atoms with Crippen LogP contribution in [-0.2, 0) is 4.74 Å². The lowest BCUT2D eigenvalue weighted by Gasteiger charge is -2.09. The van der Waals surface area contributed by atoms with Gasteiger partial charge in [-0.1, -0.05) is 0 Å². The molecule has 80 valence electrons. The molecular formula is C8H7NO5P-. The van der Waals surface area contributed by atoms with Crippen molar-refractivity contribution in [3.8, 4) is 5.75 Å². The van der Waals surface area contributed by atoms with Crippen LogP contribution in [0.15, 0.2) is 24.3 Å². The maximum absolute atomic E-state index is 10.8. The lowest BCUT2D eigenvalue weighted by molar-refractivity contribution is -0.384. The van der Waals surface area contributed by atoms with Crippen molar-refractivity contribution in [1.82, 2.24) is 0 Å². The largest absolute Gasteiger partial charge is 0.601 e. The van der Waals surface area contributed by atoms with Crippen LogP contribution in [0.25, 0.3) is 0 Å². The summed E-state index contributed by atoms with van der Waals surface area (Å²) in [4.78, 5) is 20.6. The van der Waals surface area contributed by atoms with E-state index in [0.29, 0.717) is 0 Å². The molecule has 0 saturated carbocycles. The zero-order valence-electron chi connectivity index (χ0n) is 7.45. The van der Waals surface area contributed by atoms with Crippen molar-refractivity contribution in [2.24, 2.45) is 0 Å². The van der Waals surface area contributed by atoms with E-state index in [-0.39, 0.29) is 11.4 Å². The van der Waals surface area contributed by atoms with E-state index in [1.807, 2.05) is 0 Å². The molecule has 0 aliphatic rings. The van der Waals surface area contributed by atoms with Crippen molar-refractivity contribution in [1.29, 1.82) is 0 Å². The molecule has 1 unspecified atom stereocenters. The molecule has 0 bridgehead atoms. The second-order valence-electron chi connectivity index (χ2n) is 2.36. The Kier molecular flexibility index (Phi) is 4.00. The van der Waals surface area contributed by atoms with Crippen LogP contribution in [0, 0.1) is 16.5 Å². The van der Waals surface area contributed by atoms with Crippen LogP contribution in [0.1, 0.15) is 0 Å². The minimum absolute atomic E-state index is 0.0756. The smallest absolute Gasteiger partial charge is 0.481 e. The predicted molar refractivity (Wildman–Crippen MR) is 54.2 cm³/mol. The van der Waals surface area contributed by atoms with E-state index < -0.39 is 11.1 Å². The number of nitro groups is 1. The summed E-state index contributed by atoms with van der Waals surface area (Å²) in [6.07, 6.45) is 0.187. The van der Waals surface area contributed by atoms with E-state index in [1.54, 1.807) is 0 Å². The Morgan fingerprint density at radius 3 is 2.47 bits per heavy atom.